The molecule has 0 unspecified atom stereocenters. The average molecular weight is 545 g/mol. The Morgan fingerprint density at radius 1 is 0.970 bits per heavy atom. The Labute approximate surface area is 217 Å². The van der Waals surface area contributed by atoms with Crippen LogP contribution in [0.2, 0.25) is 20.1 Å². The van der Waals surface area contributed by atoms with E-state index in [0.717, 1.165) is 43.0 Å². The van der Waals surface area contributed by atoms with Crippen LogP contribution >= 0.6 is 58.2 Å². The van der Waals surface area contributed by atoms with Crippen LogP contribution in [0.1, 0.15) is 43.2 Å². The van der Waals surface area contributed by atoms with E-state index in [-0.39, 0.29) is 17.8 Å². The molecule has 1 aliphatic carbocycles. The molecule has 9 heteroatoms. The lowest BCUT2D eigenvalue weighted by molar-refractivity contribution is -0.123. The zero-order chi connectivity index (χ0) is 23.5. The normalized spacial score (nSPS) is 18.4. The maximum Gasteiger partial charge on any atom is 0.293 e. The van der Waals surface area contributed by atoms with Crippen LogP contribution in [0.5, 0.6) is 5.75 Å². The molecule has 33 heavy (non-hydrogen) atoms. The number of rotatable bonds is 6. The number of hydrogen-bond acceptors (Lipinski definition) is 4. The van der Waals surface area contributed by atoms with E-state index in [1.165, 1.54) is 11.3 Å². The van der Waals surface area contributed by atoms with Crippen molar-refractivity contribution >= 4 is 75.4 Å². The Bertz CT molecular complexity index is 1090. The fourth-order valence-corrected chi connectivity index (χ4v) is 5.95. The molecule has 0 spiro atoms. The summed E-state index contributed by atoms with van der Waals surface area (Å²) in [6.45, 7) is 0.651. The van der Waals surface area contributed by atoms with Crippen LogP contribution in [0.15, 0.2) is 35.2 Å². The molecule has 174 valence electrons. The molecule has 1 heterocycles. The Morgan fingerprint density at radius 3 is 2.33 bits per heavy atom. The first-order chi connectivity index (χ1) is 15.8. The summed E-state index contributed by atoms with van der Waals surface area (Å²) in [4.78, 5) is 27.0. The number of imide groups is 1. The summed E-state index contributed by atoms with van der Waals surface area (Å²) >= 11 is 25.9. The molecule has 1 aliphatic heterocycles. The van der Waals surface area contributed by atoms with Gasteiger partial charge in [-0.1, -0.05) is 71.7 Å². The molecule has 0 atom stereocenters. The highest BCUT2D eigenvalue weighted by Gasteiger charge is 2.36. The van der Waals surface area contributed by atoms with Crippen LogP contribution in [0, 0.1) is 5.92 Å². The number of halogens is 4. The summed E-state index contributed by atoms with van der Waals surface area (Å²) in [7, 11) is 0. The highest BCUT2D eigenvalue weighted by atomic mass is 35.5. The van der Waals surface area contributed by atoms with Crippen molar-refractivity contribution in [1.82, 2.24) is 4.90 Å². The molecule has 2 aromatic rings. The molecule has 2 aromatic carbocycles. The van der Waals surface area contributed by atoms with Gasteiger partial charge < -0.3 is 4.74 Å². The smallest absolute Gasteiger partial charge is 0.293 e. The van der Waals surface area contributed by atoms with Gasteiger partial charge in [0.25, 0.3) is 11.1 Å². The Morgan fingerprint density at radius 2 is 1.67 bits per heavy atom. The molecule has 1 saturated carbocycles. The van der Waals surface area contributed by atoms with E-state index in [4.69, 9.17) is 51.1 Å². The predicted molar refractivity (Wildman–Crippen MR) is 137 cm³/mol. The van der Waals surface area contributed by atoms with Gasteiger partial charge in [-0.05, 0) is 66.4 Å². The van der Waals surface area contributed by atoms with Crippen LogP contribution < -0.4 is 4.74 Å². The third-order valence-electron chi connectivity index (χ3n) is 5.74. The number of ether oxygens (including phenoxy) is 1. The average Bonchev–Trinajstić information content (AvgIpc) is 3.02. The van der Waals surface area contributed by atoms with Gasteiger partial charge in [-0.15, -0.1) is 0 Å². The number of carbonyl (C=O) groups excluding carboxylic acids is 2. The number of carbonyl (C=O) groups is 2. The van der Waals surface area contributed by atoms with Gasteiger partial charge in [-0.2, -0.15) is 0 Å². The summed E-state index contributed by atoms with van der Waals surface area (Å²) in [6.07, 6.45) is 7.32. The second-order valence-electron chi connectivity index (χ2n) is 8.13. The SMILES string of the molecule is O=C1S/C(=C/c2cc(Cl)c(OCc3ccc(Cl)cc3Cl)c(Cl)c2)C(=O)N1CC1CCCCC1. The van der Waals surface area contributed by atoms with Gasteiger partial charge in [0.1, 0.15) is 6.61 Å². The molecular weight excluding hydrogens is 524 g/mol. The van der Waals surface area contributed by atoms with E-state index in [1.807, 2.05) is 0 Å². The summed E-state index contributed by atoms with van der Waals surface area (Å²) in [5.74, 6) is 0.438. The van der Waals surface area contributed by atoms with E-state index in [1.54, 1.807) is 36.4 Å². The quantitative estimate of drug-likeness (QED) is 0.342. The number of thioether (sulfide) groups is 1. The highest BCUT2D eigenvalue weighted by molar-refractivity contribution is 8.18. The largest absolute Gasteiger partial charge is 0.486 e. The number of benzene rings is 2. The van der Waals surface area contributed by atoms with E-state index in [2.05, 4.69) is 0 Å². The molecule has 0 aromatic heterocycles. The summed E-state index contributed by atoms with van der Waals surface area (Å²) < 4.78 is 5.79. The van der Waals surface area contributed by atoms with Crippen LogP contribution in [-0.4, -0.2) is 22.6 Å². The summed E-state index contributed by atoms with van der Waals surface area (Å²) in [5, 5.41) is 1.37. The number of amides is 2. The molecule has 2 aliphatic rings. The van der Waals surface area contributed by atoms with Crippen LogP contribution in [0.25, 0.3) is 6.08 Å². The fraction of sp³-hybridized carbons (Fsp3) is 0.333. The van der Waals surface area contributed by atoms with E-state index < -0.39 is 0 Å². The Kier molecular flexibility index (Phi) is 8.19. The highest BCUT2D eigenvalue weighted by Crippen LogP contribution is 2.39. The van der Waals surface area contributed by atoms with Crippen molar-refractivity contribution in [2.75, 3.05) is 6.54 Å². The summed E-state index contributed by atoms with van der Waals surface area (Å²) in [6, 6.07) is 8.43. The van der Waals surface area contributed by atoms with Crippen molar-refractivity contribution in [2.24, 2.45) is 5.92 Å². The molecular formula is C24H21Cl4NO3S. The molecule has 0 radical (unpaired) electrons. The maximum atomic E-state index is 12.8. The zero-order valence-corrected chi connectivity index (χ0v) is 21.4. The van der Waals surface area contributed by atoms with Gasteiger partial charge in [-0.25, -0.2) is 0 Å². The van der Waals surface area contributed by atoms with Gasteiger partial charge in [-0.3, -0.25) is 14.5 Å². The zero-order valence-electron chi connectivity index (χ0n) is 17.6. The van der Waals surface area contributed by atoms with Gasteiger partial charge in [0.2, 0.25) is 0 Å². The van der Waals surface area contributed by atoms with E-state index in [9.17, 15) is 9.59 Å². The molecule has 0 N–H and O–H groups in total. The molecule has 4 nitrogen and oxygen atoms in total. The van der Waals surface area contributed by atoms with Crippen LogP contribution in [-0.2, 0) is 11.4 Å². The first-order valence-corrected chi connectivity index (χ1v) is 13.0. The number of hydrogen-bond donors (Lipinski definition) is 0. The molecule has 4 rings (SSSR count). The first-order valence-electron chi connectivity index (χ1n) is 10.6. The van der Waals surface area contributed by atoms with Crippen LogP contribution in [0.4, 0.5) is 4.79 Å². The topological polar surface area (TPSA) is 46.6 Å². The Hall–Kier alpha value is -1.37. The monoisotopic (exact) mass is 543 g/mol. The number of nitrogens with zero attached hydrogens (tertiary/aromatic N) is 1. The van der Waals surface area contributed by atoms with Crippen LogP contribution in [0.3, 0.4) is 0 Å². The first kappa shape index (κ1) is 24.7. The third kappa shape index (κ3) is 6.01. The van der Waals surface area contributed by atoms with Crippen molar-refractivity contribution in [3.8, 4) is 5.75 Å². The third-order valence-corrected chi connectivity index (χ3v) is 7.80. The molecule has 2 fully saturated rings. The predicted octanol–water partition coefficient (Wildman–Crippen LogP) is 8.50. The van der Waals surface area contributed by atoms with Crippen molar-refractivity contribution < 1.29 is 14.3 Å². The van der Waals surface area contributed by atoms with Crippen molar-refractivity contribution in [3.63, 3.8) is 0 Å². The lowest BCUT2D eigenvalue weighted by Crippen LogP contribution is -2.34. The Balaban J connectivity index is 1.47. The minimum atomic E-state index is -0.263. The minimum Gasteiger partial charge on any atom is -0.486 e. The van der Waals surface area contributed by atoms with E-state index >= 15 is 0 Å². The van der Waals surface area contributed by atoms with Crippen molar-refractivity contribution in [3.05, 3.63) is 66.5 Å². The van der Waals surface area contributed by atoms with Gasteiger partial charge in [0.15, 0.2) is 5.75 Å². The summed E-state index contributed by atoms with van der Waals surface area (Å²) in [5.41, 5.74) is 1.36. The standard InChI is InChI=1S/C24H21Cl4NO3S/c25-17-7-6-16(18(26)11-17)13-32-22-19(27)8-15(9-20(22)28)10-21-23(30)29(24(31)33-21)12-14-4-2-1-3-5-14/h6-11,14H,1-5,12-13H2/b21-10+. The molecule has 0 bridgehead atoms. The van der Waals surface area contributed by atoms with E-state index in [0.29, 0.717) is 48.8 Å². The second kappa shape index (κ2) is 10.9. The molecule has 2 amide bonds. The maximum absolute atomic E-state index is 12.8. The lowest BCUT2D eigenvalue weighted by Gasteiger charge is -2.25. The minimum absolute atomic E-state index is 0.162. The second-order valence-corrected chi connectivity index (χ2v) is 10.8. The lowest BCUT2D eigenvalue weighted by atomic mass is 9.89. The van der Waals surface area contributed by atoms with Crippen molar-refractivity contribution in [1.29, 1.82) is 0 Å². The fourth-order valence-electron chi connectivity index (χ4n) is 4.03. The van der Waals surface area contributed by atoms with Crippen molar-refractivity contribution in [2.45, 2.75) is 38.7 Å². The van der Waals surface area contributed by atoms with Gasteiger partial charge in [0, 0.05) is 22.2 Å². The molecule has 1 saturated heterocycles. The van der Waals surface area contributed by atoms with Gasteiger partial charge in [0.05, 0.1) is 15.0 Å². The van der Waals surface area contributed by atoms with Gasteiger partial charge >= 0.3 is 0 Å².